The molecule has 0 unspecified atom stereocenters. The van der Waals surface area contributed by atoms with Gasteiger partial charge in [-0.2, -0.15) is 0 Å². The fraction of sp³-hybridized carbons (Fsp3) is 0.400. The maximum Gasteiger partial charge on any atom is 0.240 e. The average molecular weight is 378 g/mol. The molecule has 6 heteroatoms. The van der Waals surface area contributed by atoms with Crippen molar-refractivity contribution in [2.75, 3.05) is 19.8 Å². The van der Waals surface area contributed by atoms with Crippen LogP contribution in [0.1, 0.15) is 33.3 Å². The zero-order chi connectivity index (χ0) is 19.2. The number of hydrogen-bond acceptors (Lipinski definition) is 4. The first-order chi connectivity index (χ1) is 12.2. The van der Waals surface area contributed by atoms with Gasteiger partial charge in [0, 0.05) is 6.54 Å². The van der Waals surface area contributed by atoms with Crippen molar-refractivity contribution in [1.29, 1.82) is 0 Å². The number of ether oxygens (including phenoxy) is 2. The predicted octanol–water partition coefficient (Wildman–Crippen LogP) is 3.74. The fourth-order valence-electron chi connectivity index (χ4n) is 2.36. The Hall–Kier alpha value is -2.05. The summed E-state index contributed by atoms with van der Waals surface area (Å²) < 4.78 is 38.1. The van der Waals surface area contributed by atoms with Crippen LogP contribution in [0.4, 0.5) is 0 Å². The molecule has 5 nitrogen and oxygen atoms in total. The Balaban J connectivity index is 1.86. The molecule has 0 aromatic heterocycles. The van der Waals surface area contributed by atoms with E-state index in [2.05, 4.69) is 25.5 Å². The van der Waals surface area contributed by atoms with Gasteiger partial charge in [-0.05, 0) is 54.3 Å². The van der Waals surface area contributed by atoms with Gasteiger partial charge in [0.15, 0.2) is 0 Å². The third-order valence-electron chi connectivity index (χ3n) is 3.83. The second-order valence-electron chi connectivity index (χ2n) is 6.93. The highest BCUT2D eigenvalue weighted by Gasteiger charge is 2.17. The maximum atomic E-state index is 12.3. The van der Waals surface area contributed by atoms with Crippen molar-refractivity contribution in [3.05, 3.63) is 54.1 Å². The second-order valence-corrected chi connectivity index (χ2v) is 8.69. The van der Waals surface area contributed by atoms with E-state index in [1.165, 1.54) is 0 Å². The maximum absolute atomic E-state index is 12.3. The molecule has 0 fully saturated rings. The summed E-state index contributed by atoms with van der Waals surface area (Å²) in [6.45, 7) is 9.24. The molecule has 0 atom stereocenters. The van der Waals surface area contributed by atoms with Crippen LogP contribution in [0.25, 0.3) is 0 Å². The van der Waals surface area contributed by atoms with Gasteiger partial charge in [0.1, 0.15) is 18.1 Å². The van der Waals surface area contributed by atoms with E-state index >= 15 is 0 Å². The SMILES string of the molecule is CCOc1ccc(OCCNS(=O)(=O)c2ccc(C(C)(C)C)cc2)cc1. The van der Waals surface area contributed by atoms with E-state index in [4.69, 9.17) is 9.47 Å². The molecule has 0 saturated heterocycles. The van der Waals surface area contributed by atoms with Crippen LogP contribution in [0.15, 0.2) is 53.4 Å². The molecule has 0 aliphatic heterocycles. The summed E-state index contributed by atoms with van der Waals surface area (Å²) >= 11 is 0. The number of rotatable bonds is 8. The Labute approximate surface area is 156 Å². The molecule has 0 bridgehead atoms. The smallest absolute Gasteiger partial charge is 0.240 e. The molecule has 0 radical (unpaired) electrons. The second kappa shape index (κ2) is 8.56. The lowest BCUT2D eigenvalue weighted by molar-refractivity contribution is 0.319. The molecule has 0 amide bonds. The Kier molecular flexibility index (Phi) is 6.67. The summed E-state index contributed by atoms with van der Waals surface area (Å²) in [7, 11) is -3.54. The van der Waals surface area contributed by atoms with Crippen molar-refractivity contribution in [3.8, 4) is 11.5 Å². The summed E-state index contributed by atoms with van der Waals surface area (Å²) in [4.78, 5) is 0.256. The minimum atomic E-state index is -3.54. The van der Waals surface area contributed by atoms with E-state index in [1.54, 1.807) is 24.3 Å². The molecule has 0 spiro atoms. The molecule has 0 heterocycles. The van der Waals surface area contributed by atoms with Gasteiger partial charge in [-0.1, -0.05) is 32.9 Å². The van der Waals surface area contributed by atoms with Crippen molar-refractivity contribution in [3.63, 3.8) is 0 Å². The lowest BCUT2D eigenvalue weighted by Crippen LogP contribution is -2.28. The van der Waals surface area contributed by atoms with E-state index < -0.39 is 10.0 Å². The first-order valence-electron chi connectivity index (χ1n) is 8.68. The Morgan fingerprint density at radius 2 is 1.42 bits per heavy atom. The Bertz CT molecular complexity index is 791. The van der Waals surface area contributed by atoms with Crippen LogP contribution in [0, 0.1) is 0 Å². The largest absolute Gasteiger partial charge is 0.494 e. The monoisotopic (exact) mass is 377 g/mol. The van der Waals surface area contributed by atoms with E-state index in [9.17, 15) is 8.42 Å². The van der Waals surface area contributed by atoms with Crippen molar-refractivity contribution in [2.45, 2.75) is 38.0 Å². The summed E-state index contributed by atoms with van der Waals surface area (Å²) in [6, 6.07) is 14.2. The zero-order valence-electron chi connectivity index (χ0n) is 15.8. The highest BCUT2D eigenvalue weighted by Crippen LogP contribution is 2.23. The van der Waals surface area contributed by atoms with Gasteiger partial charge in [-0.25, -0.2) is 13.1 Å². The summed E-state index contributed by atoms with van der Waals surface area (Å²) in [6.07, 6.45) is 0. The molecule has 142 valence electrons. The highest BCUT2D eigenvalue weighted by atomic mass is 32.2. The standard InChI is InChI=1S/C20H27NO4S/c1-5-24-17-8-10-18(11-9-17)25-15-14-21-26(22,23)19-12-6-16(7-13-19)20(2,3)4/h6-13,21H,5,14-15H2,1-4H3. The van der Waals surface area contributed by atoms with Crippen LogP contribution in [0.3, 0.4) is 0 Å². The molecule has 2 aromatic carbocycles. The topological polar surface area (TPSA) is 64.6 Å². The molecular formula is C20H27NO4S. The summed E-state index contributed by atoms with van der Waals surface area (Å²) in [5, 5.41) is 0. The van der Waals surface area contributed by atoms with Crippen LogP contribution in [-0.2, 0) is 15.4 Å². The van der Waals surface area contributed by atoms with Crippen LogP contribution in [0.2, 0.25) is 0 Å². The van der Waals surface area contributed by atoms with Crippen molar-refractivity contribution >= 4 is 10.0 Å². The first kappa shape index (κ1) is 20.3. The quantitative estimate of drug-likeness (QED) is 0.712. The third-order valence-corrected chi connectivity index (χ3v) is 5.31. The number of hydrogen-bond donors (Lipinski definition) is 1. The summed E-state index contributed by atoms with van der Waals surface area (Å²) in [5.74, 6) is 1.45. The molecule has 2 rings (SSSR count). The Morgan fingerprint density at radius 1 is 0.885 bits per heavy atom. The lowest BCUT2D eigenvalue weighted by Gasteiger charge is -2.19. The molecular weight excluding hydrogens is 350 g/mol. The molecule has 0 aliphatic carbocycles. The van der Waals surface area contributed by atoms with Gasteiger partial charge in [0.25, 0.3) is 0 Å². The first-order valence-corrected chi connectivity index (χ1v) is 10.2. The third kappa shape index (κ3) is 5.75. The lowest BCUT2D eigenvalue weighted by atomic mass is 9.87. The van der Waals surface area contributed by atoms with E-state index in [0.29, 0.717) is 12.4 Å². The van der Waals surface area contributed by atoms with Crippen molar-refractivity contribution < 1.29 is 17.9 Å². The minimum Gasteiger partial charge on any atom is -0.494 e. The van der Waals surface area contributed by atoms with Gasteiger partial charge >= 0.3 is 0 Å². The average Bonchev–Trinajstić information content (AvgIpc) is 2.60. The van der Waals surface area contributed by atoms with Crippen LogP contribution < -0.4 is 14.2 Å². The van der Waals surface area contributed by atoms with E-state index in [-0.39, 0.29) is 23.5 Å². The number of nitrogens with one attached hydrogen (secondary N) is 1. The Morgan fingerprint density at radius 3 is 1.92 bits per heavy atom. The normalized spacial score (nSPS) is 12.0. The van der Waals surface area contributed by atoms with E-state index in [1.807, 2.05) is 31.2 Å². The highest BCUT2D eigenvalue weighted by molar-refractivity contribution is 7.89. The fourth-order valence-corrected chi connectivity index (χ4v) is 3.37. The van der Waals surface area contributed by atoms with Crippen LogP contribution in [0.5, 0.6) is 11.5 Å². The van der Waals surface area contributed by atoms with Crippen molar-refractivity contribution in [1.82, 2.24) is 4.72 Å². The molecule has 26 heavy (non-hydrogen) atoms. The van der Waals surface area contributed by atoms with Gasteiger partial charge < -0.3 is 9.47 Å². The summed E-state index contributed by atoms with van der Waals surface area (Å²) in [5.41, 5.74) is 1.08. The van der Waals surface area contributed by atoms with Gasteiger partial charge in [-0.3, -0.25) is 0 Å². The molecule has 2 aromatic rings. The van der Waals surface area contributed by atoms with Gasteiger partial charge in [0.05, 0.1) is 11.5 Å². The van der Waals surface area contributed by atoms with E-state index in [0.717, 1.165) is 11.3 Å². The molecule has 0 saturated carbocycles. The predicted molar refractivity (Wildman–Crippen MR) is 103 cm³/mol. The van der Waals surface area contributed by atoms with Crippen LogP contribution in [-0.4, -0.2) is 28.2 Å². The number of sulfonamides is 1. The van der Waals surface area contributed by atoms with Gasteiger partial charge in [-0.15, -0.1) is 0 Å². The van der Waals surface area contributed by atoms with Crippen LogP contribution >= 0.6 is 0 Å². The molecule has 1 N–H and O–H groups in total. The molecule has 0 aliphatic rings. The minimum absolute atomic E-state index is 0.0126. The van der Waals surface area contributed by atoms with Gasteiger partial charge in [0.2, 0.25) is 10.0 Å². The number of benzene rings is 2. The zero-order valence-corrected chi connectivity index (χ0v) is 16.6. The van der Waals surface area contributed by atoms with Crippen molar-refractivity contribution in [2.24, 2.45) is 0 Å².